The van der Waals surface area contributed by atoms with Gasteiger partial charge in [0.25, 0.3) is 5.91 Å². The smallest absolute Gasteiger partial charge is 0.251 e. The topological polar surface area (TPSA) is 58.2 Å². The lowest BCUT2D eigenvalue weighted by atomic mass is 10.1. The van der Waals surface area contributed by atoms with Gasteiger partial charge in [0.15, 0.2) is 0 Å². The highest BCUT2D eigenvalue weighted by Gasteiger charge is 2.08. The van der Waals surface area contributed by atoms with Gasteiger partial charge < -0.3 is 10.6 Å². The maximum Gasteiger partial charge on any atom is 0.251 e. The number of hydrogen-bond donors (Lipinski definition) is 2. The largest absolute Gasteiger partial charge is 0.343 e. The van der Waals surface area contributed by atoms with Gasteiger partial charge in [0.1, 0.15) is 0 Å². The molecule has 0 fully saturated rings. The molecular weight excluding hydrogens is 300 g/mol. The normalized spacial score (nSPS) is 10.1. The average Bonchev–Trinajstić information content (AvgIpc) is 2.44. The Kier molecular flexibility index (Phi) is 5.17. The van der Waals surface area contributed by atoms with Crippen LogP contribution in [-0.4, -0.2) is 18.4 Å². The van der Waals surface area contributed by atoms with Gasteiger partial charge in [-0.15, -0.1) is 0 Å². The summed E-state index contributed by atoms with van der Waals surface area (Å²) in [5.74, 6) is -0.584. The first kappa shape index (κ1) is 16.0. The molecule has 5 heteroatoms. The number of hydrogen-bond acceptors (Lipinski definition) is 2. The van der Waals surface area contributed by atoms with Gasteiger partial charge in [-0.1, -0.05) is 17.7 Å². The van der Waals surface area contributed by atoms with Gasteiger partial charge >= 0.3 is 0 Å². The molecule has 0 unspecified atom stereocenters. The SMILES string of the molecule is Cc1cc(C)cc(NC(=O)CNC(=O)c2ccc(Cl)cc2)c1. The van der Waals surface area contributed by atoms with Gasteiger partial charge in [-0.2, -0.15) is 0 Å². The Morgan fingerprint density at radius 3 is 2.18 bits per heavy atom. The predicted octanol–water partition coefficient (Wildman–Crippen LogP) is 3.33. The minimum absolute atomic E-state index is 0.0888. The second-order valence-electron chi connectivity index (χ2n) is 5.11. The highest BCUT2D eigenvalue weighted by atomic mass is 35.5. The van der Waals surface area contributed by atoms with E-state index in [0.29, 0.717) is 10.6 Å². The van der Waals surface area contributed by atoms with Crippen LogP contribution in [0.3, 0.4) is 0 Å². The molecular formula is C17H17ClN2O2. The van der Waals surface area contributed by atoms with E-state index >= 15 is 0 Å². The molecule has 2 rings (SSSR count). The summed E-state index contributed by atoms with van der Waals surface area (Å²) in [5, 5.41) is 5.90. The first-order chi connectivity index (χ1) is 10.4. The molecule has 22 heavy (non-hydrogen) atoms. The van der Waals surface area contributed by atoms with E-state index < -0.39 is 0 Å². The fourth-order valence-corrected chi connectivity index (χ4v) is 2.24. The second-order valence-corrected chi connectivity index (χ2v) is 5.55. The van der Waals surface area contributed by atoms with Crippen LogP contribution in [0, 0.1) is 13.8 Å². The highest BCUT2D eigenvalue weighted by molar-refractivity contribution is 6.30. The zero-order chi connectivity index (χ0) is 16.1. The van der Waals surface area contributed by atoms with Crippen molar-refractivity contribution in [1.82, 2.24) is 5.32 Å². The lowest BCUT2D eigenvalue weighted by molar-refractivity contribution is -0.115. The van der Waals surface area contributed by atoms with Gasteiger partial charge in [-0.25, -0.2) is 0 Å². The molecule has 0 aliphatic rings. The highest BCUT2D eigenvalue weighted by Crippen LogP contribution is 2.13. The van der Waals surface area contributed by atoms with Crippen LogP contribution < -0.4 is 10.6 Å². The molecule has 2 amide bonds. The third-order valence-electron chi connectivity index (χ3n) is 3.02. The predicted molar refractivity (Wildman–Crippen MR) is 88.3 cm³/mol. The molecule has 0 radical (unpaired) electrons. The Morgan fingerprint density at radius 2 is 1.59 bits per heavy atom. The summed E-state index contributed by atoms with van der Waals surface area (Å²) in [7, 11) is 0. The van der Waals surface area contributed by atoms with E-state index in [9.17, 15) is 9.59 Å². The molecule has 2 aromatic rings. The number of benzene rings is 2. The quantitative estimate of drug-likeness (QED) is 0.909. The van der Waals surface area contributed by atoms with Crippen molar-refractivity contribution < 1.29 is 9.59 Å². The van der Waals surface area contributed by atoms with E-state index in [0.717, 1.165) is 16.8 Å². The monoisotopic (exact) mass is 316 g/mol. The van der Waals surface area contributed by atoms with Crippen molar-refractivity contribution in [3.63, 3.8) is 0 Å². The molecule has 4 nitrogen and oxygen atoms in total. The Morgan fingerprint density at radius 1 is 1.00 bits per heavy atom. The number of anilines is 1. The van der Waals surface area contributed by atoms with Crippen molar-refractivity contribution in [2.24, 2.45) is 0 Å². The van der Waals surface area contributed by atoms with Crippen molar-refractivity contribution >= 4 is 29.1 Å². The molecule has 0 atom stereocenters. The van der Waals surface area contributed by atoms with Crippen molar-refractivity contribution in [3.8, 4) is 0 Å². The lowest BCUT2D eigenvalue weighted by Crippen LogP contribution is -2.32. The minimum Gasteiger partial charge on any atom is -0.343 e. The Bertz CT molecular complexity index is 676. The number of rotatable bonds is 4. The van der Waals surface area contributed by atoms with E-state index in [-0.39, 0.29) is 18.4 Å². The summed E-state index contributed by atoms with van der Waals surface area (Å²) in [6, 6.07) is 12.3. The summed E-state index contributed by atoms with van der Waals surface area (Å²) in [4.78, 5) is 23.8. The number of carbonyl (C=O) groups is 2. The Labute approximate surface area is 134 Å². The fourth-order valence-electron chi connectivity index (χ4n) is 2.12. The molecule has 114 valence electrons. The van der Waals surface area contributed by atoms with E-state index in [4.69, 9.17) is 11.6 Å². The Balaban J connectivity index is 1.89. The number of amides is 2. The van der Waals surface area contributed by atoms with Gasteiger partial charge in [0, 0.05) is 16.3 Å². The van der Waals surface area contributed by atoms with E-state index in [2.05, 4.69) is 10.6 Å². The van der Waals surface area contributed by atoms with Crippen LogP contribution >= 0.6 is 11.6 Å². The minimum atomic E-state index is -0.313. The zero-order valence-electron chi connectivity index (χ0n) is 12.4. The van der Waals surface area contributed by atoms with Gasteiger partial charge in [-0.3, -0.25) is 9.59 Å². The third kappa shape index (κ3) is 4.60. The maximum absolute atomic E-state index is 11.9. The van der Waals surface area contributed by atoms with Crippen LogP contribution in [0.15, 0.2) is 42.5 Å². The van der Waals surface area contributed by atoms with Crippen molar-refractivity contribution in [2.75, 3.05) is 11.9 Å². The Hall–Kier alpha value is -2.33. The molecule has 0 aliphatic heterocycles. The average molecular weight is 317 g/mol. The van der Waals surface area contributed by atoms with Crippen molar-refractivity contribution in [3.05, 3.63) is 64.2 Å². The number of nitrogens with one attached hydrogen (secondary N) is 2. The second kappa shape index (κ2) is 7.09. The van der Waals surface area contributed by atoms with Gasteiger partial charge in [0.2, 0.25) is 5.91 Å². The summed E-state index contributed by atoms with van der Waals surface area (Å²) >= 11 is 5.76. The van der Waals surface area contributed by atoms with E-state index in [1.807, 2.05) is 32.0 Å². The van der Waals surface area contributed by atoms with Crippen molar-refractivity contribution in [1.29, 1.82) is 0 Å². The first-order valence-electron chi connectivity index (χ1n) is 6.86. The molecule has 0 aliphatic carbocycles. The molecule has 0 bridgehead atoms. The van der Waals surface area contributed by atoms with Crippen LogP contribution in [0.5, 0.6) is 0 Å². The summed E-state index contributed by atoms with van der Waals surface area (Å²) in [6.07, 6.45) is 0. The summed E-state index contributed by atoms with van der Waals surface area (Å²) < 4.78 is 0. The molecule has 0 spiro atoms. The summed E-state index contributed by atoms with van der Waals surface area (Å²) in [6.45, 7) is 3.84. The number of halogens is 1. The van der Waals surface area contributed by atoms with Crippen LogP contribution in [0.4, 0.5) is 5.69 Å². The lowest BCUT2D eigenvalue weighted by Gasteiger charge is -2.09. The van der Waals surface area contributed by atoms with Crippen LogP contribution in [0.1, 0.15) is 21.5 Å². The van der Waals surface area contributed by atoms with Gasteiger partial charge in [0.05, 0.1) is 6.54 Å². The number of carbonyl (C=O) groups excluding carboxylic acids is 2. The molecule has 0 aromatic heterocycles. The van der Waals surface area contributed by atoms with E-state index in [1.165, 1.54) is 0 Å². The maximum atomic E-state index is 11.9. The van der Waals surface area contributed by atoms with E-state index in [1.54, 1.807) is 24.3 Å². The fraction of sp³-hybridized carbons (Fsp3) is 0.176. The third-order valence-corrected chi connectivity index (χ3v) is 3.27. The molecule has 2 N–H and O–H groups in total. The van der Waals surface area contributed by atoms with Crippen LogP contribution in [0.25, 0.3) is 0 Å². The van der Waals surface area contributed by atoms with Crippen LogP contribution in [-0.2, 0) is 4.79 Å². The standard InChI is InChI=1S/C17H17ClN2O2/c1-11-7-12(2)9-15(8-11)20-16(21)10-19-17(22)13-3-5-14(18)6-4-13/h3-9H,10H2,1-2H3,(H,19,22)(H,20,21). The first-order valence-corrected chi connectivity index (χ1v) is 7.24. The number of aryl methyl sites for hydroxylation is 2. The van der Waals surface area contributed by atoms with Crippen LogP contribution in [0.2, 0.25) is 5.02 Å². The molecule has 2 aromatic carbocycles. The molecule has 0 saturated heterocycles. The molecule has 0 heterocycles. The molecule has 0 saturated carbocycles. The van der Waals surface area contributed by atoms with Gasteiger partial charge in [-0.05, 0) is 61.4 Å². The summed E-state index contributed by atoms with van der Waals surface area (Å²) in [5.41, 5.74) is 3.33. The van der Waals surface area contributed by atoms with Crippen molar-refractivity contribution in [2.45, 2.75) is 13.8 Å². The zero-order valence-corrected chi connectivity index (χ0v) is 13.2.